The van der Waals surface area contributed by atoms with Crippen molar-refractivity contribution in [1.29, 1.82) is 0 Å². The number of fused-ring (bicyclic) bond motifs is 1. The van der Waals surface area contributed by atoms with Crippen LogP contribution in [-0.2, 0) is 0 Å². The molecule has 6 aliphatic rings. The van der Waals surface area contributed by atoms with Gasteiger partial charge in [-0.25, -0.2) is 8.78 Å². The molecule has 176 valence electrons. The number of hydrogen-bond acceptors (Lipinski definition) is 3. The van der Waals surface area contributed by atoms with E-state index in [1.54, 1.807) is 30.5 Å². The fraction of sp³-hybridized carbons (Fsp3) is 0.129. The third-order valence-corrected chi connectivity index (χ3v) is 6.98. The lowest BCUT2D eigenvalue weighted by Gasteiger charge is -2.12. The first-order chi connectivity index (χ1) is 17.5. The van der Waals surface area contributed by atoms with Crippen molar-refractivity contribution in [2.75, 3.05) is 0 Å². The average Bonchev–Trinajstić information content (AvgIpc) is 3.41. The van der Waals surface area contributed by atoms with Crippen molar-refractivity contribution in [3.63, 3.8) is 0 Å². The molecule has 0 unspecified atom stereocenters. The molecular formula is C31H23F2N3. The zero-order valence-electron chi connectivity index (χ0n) is 19.8. The summed E-state index contributed by atoms with van der Waals surface area (Å²) >= 11 is 0. The predicted octanol–water partition coefficient (Wildman–Crippen LogP) is 7.74. The summed E-state index contributed by atoms with van der Waals surface area (Å²) in [6, 6.07) is 3.68. The van der Waals surface area contributed by atoms with Gasteiger partial charge in [-0.1, -0.05) is 50.0 Å². The van der Waals surface area contributed by atoms with E-state index >= 15 is 8.78 Å². The molecule has 0 fully saturated rings. The number of nitrogens with zero attached hydrogens (tertiary/aromatic N) is 3. The van der Waals surface area contributed by atoms with Gasteiger partial charge in [0.05, 0.1) is 17.6 Å². The minimum absolute atomic E-state index is 0.109. The highest BCUT2D eigenvalue weighted by Gasteiger charge is 2.26. The topological polar surface area (TPSA) is 38.7 Å². The largest absolute Gasteiger partial charge is 0.255 e. The van der Waals surface area contributed by atoms with Crippen LogP contribution in [0.4, 0.5) is 8.78 Å². The summed E-state index contributed by atoms with van der Waals surface area (Å²) in [6.45, 7) is 6.20. The molecule has 0 aromatic carbocycles. The molecule has 0 N–H and O–H groups in total. The van der Waals surface area contributed by atoms with Crippen LogP contribution < -0.4 is 0 Å². The van der Waals surface area contributed by atoms with Gasteiger partial charge in [0.1, 0.15) is 17.3 Å². The molecule has 0 aromatic rings. The minimum Gasteiger partial charge on any atom is -0.255 e. The van der Waals surface area contributed by atoms with E-state index in [0.717, 1.165) is 46.3 Å². The van der Waals surface area contributed by atoms with Crippen molar-refractivity contribution in [1.82, 2.24) is 15.2 Å². The van der Waals surface area contributed by atoms with E-state index in [1.807, 2.05) is 30.4 Å². The first-order valence-electron chi connectivity index (χ1n) is 12.0. The zero-order chi connectivity index (χ0) is 24.8. The third kappa shape index (κ3) is 3.77. The van der Waals surface area contributed by atoms with Gasteiger partial charge >= 0.3 is 0 Å². The van der Waals surface area contributed by atoms with Crippen LogP contribution in [0.15, 0.2) is 124 Å². The van der Waals surface area contributed by atoms with Gasteiger partial charge in [0.2, 0.25) is 0 Å². The average molecular weight is 476 g/mol. The lowest BCUT2D eigenvalue weighted by molar-refractivity contribution is 0.650. The smallest absolute Gasteiger partial charge is 0.131 e. The Hall–Kier alpha value is -4.25. The molecule has 1 atom stereocenters. The standard InChI is InChI=1S/C31H23F2N3/c1-18-9-11-20-5-3-7-26(32)24(30(18)20)15-22-13-14-23-28(35-36-29(23)17-34-22)16-25-27(33)8-4-6-21-12-10-19(2)31(21)25/h3-9,11,13-18H,2,10,12H2,1H3/b24-15-,25-16-/t18-/m0/s1. The molecule has 3 nitrogen and oxygen atoms in total. The Labute approximate surface area is 208 Å². The second-order valence-corrected chi connectivity index (χ2v) is 9.28. The molecule has 2 aliphatic heterocycles. The fourth-order valence-electron chi connectivity index (χ4n) is 5.17. The molecule has 0 bridgehead atoms. The van der Waals surface area contributed by atoms with E-state index in [0.29, 0.717) is 28.2 Å². The van der Waals surface area contributed by atoms with Crippen LogP contribution in [-0.4, -0.2) is 15.2 Å². The quantitative estimate of drug-likeness (QED) is 0.446. The summed E-state index contributed by atoms with van der Waals surface area (Å²) in [4.78, 5) is 4.55. The van der Waals surface area contributed by atoms with E-state index in [4.69, 9.17) is 0 Å². The van der Waals surface area contributed by atoms with Gasteiger partial charge in [-0.05, 0) is 77.1 Å². The lowest BCUT2D eigenvalue weighted by atomic mass is 9.93. The van der Waals surface area contributed by atoms with E-state index in [9.17, 15) is 0 Å². The first kappa shape index (κ1) is 22.2. The maximum absolute atomic E-state index is 15.1. The first-order valence-corrected chi connectivity index (χ1v) is 12.0. The highest BCUT2D eigenvalue weighted by molar-refractivity contribution is 5.79. The second-order valence-electron chi connectivity index (χ2n) is 9.28. The molecule has 0 saturated carbocycles. The Morgan fingerprint density at radius 1 is 0.944 bits per heavy atom. The van der Waals surface area contributed by atoms with Crippen molar-refractivity contribution in [2.45, 2.75) is 19.8 Å². The number of rotatable bonds is 2. The minimum atomic E-state index is -0.327. The second kappa shape index (κ2) is 8.76. The molecule has 0 spiro atoms. The van der Waals surface area contributed by atoms with Crippen molar-refractivity contribution in [2.24, 2.45) is 5.92 Å². The van der Waals surface area contributed by atoms with Crippen molar-refractivity contribution < 1.29 is 8.78 Å². The summed E-state index contributed by atoms with van der Waals surface area (Å²) in [5.74, 6) is -0.515. The molecule has 6 rings (SSSR count). The lowest BCUT2D eigenvalue weighted by Crippen LogP contribution is -1.99. The Morgan fingerprint density at radius 2 is 1.75 bits per heavy atom. The van der Waals surface area contributed by atoms with Gasteiger partial charge < -0.3 is 0 Å². The van der Waals surface area contributed by atoms with Gasteiger partial charge in [-0.2, -0.15) is 0 Å². The Morgan fingerprint density at radius 3 is 2.61 bits per heavy atom. The van der Waals surface area contributed by atoms with Crippen molar-refractivity contribution >= 4 is 12.2 Å². The monoisotopic (exact) mass is 475 g/mol. The predicted molar refractivity (Wildman–Crippen MR) is 140 cm³/mol. The maximum atomic E-state index is 15.1. The van der Waals surface area contributed by atoms with E-state index in [2.05, 4.69) is 34.8 Å². The van der Waals surface area contributed by atoms with Crippen molar-refractivity contribution in [3.05, 3.63) is 136 Å². The maximum Gasteiger partial charge on any atom is 0.131 e. The molecule has 0 saturated heterocycles. The van der Waals surface area contributed by atoms with Crippen LogP contribution in [0.3, 0.4) is 0 Å². The zero-order valence-corrected chi connectivity index (χ0v) is 19.8. The highest BCUT2D eigenvalue weighted by Crippen LogP contribution is 2.42. The molecule has 0 amide bonds. The van der Waals surface area contributed by atoms with Gasteiger partial charge in [0.25, 0.3) is 0 Å². The van der Waals surface area contributed by atoms with Gasteiger partial charge in [-0.3, -0.25) is 4.98 Å². The van der Waals surface area contributed by atoms with Crippen LogP contribution in [0.5, 0.6) is 0 Å². The molecule has 2 heterocycles. The molecule has 36 heavy (non-hydrogen) atoms. The summed E-state index contributed by atoms with van der Waals surface area (Å²) < 4.78 is 30.1. The van der Waals surface area contributed by atoms with Crippen LogP contribution in [0.1, 0.15) is 31.2 Å². The number of allylic oxidation sites excluding steroid dienone is 17. The molecule has 0 aromatic heterocycles. The van der Waals surface area contributed by atoms with Crippen LogP contribution >= 0.6 is 0 Å². The van der Waals surface area contributed by atoms with Crippen LogP contribution in [0.25, 0.3) is 23.4 Å². The summed E-state index contributed by atoms with van der Waals surface area (Å²) in [5, 5.41) is 8.57. The fourth-order valence-corrected chi connectivity index (χ4v) is 5.17. The van der Waals surface area contributed by atoms with Gasteiger partial charge in [-0.15, -0.1) is 10.2 Å². The number of aromatic nitrogens is 3. The summed E-state index contributed by atoms with van der Waals surface area (Å²) in [6.07, 6.45) is 21.2. The van der Waals surface area contributed by atoms with Crippen LogP contribution in [0, 0.1) is 5.92 Å². The number of halogens is 2. The normalized spacial score (nSPS) is 23.4. The van der Waals surface area contributed by atoms with Crippen molar-refractivity contribution in [3.8, 4) is 11.3 Å². The van der Waals surface area contributed by atoms with E-state index in [1.165, 1.54) is 12.2 Å². The Bertz CT molecular complexity index is 1570. The van der Waals surface area contributed by atoms with Gasteiger partial charge in [0, 0.05) is 22.6 Å². The summed E-state index contributed by atoms with van der Waals surface area (Å²) in [7, 11) is 0. The summed E-state index contributed by atoms with van der Waals surface area (Å²) in [5.41, 5.74) is 8.27. The highest BCUT2D eigenvalue weighted by atomic mass is 19.1. The Kier molecular flexibility index (Phi) is 5.41. The molecule has 4 aliphatic carbocycles. The van der Waals surface area contributed by atoms with Crippen LogP contribution in [0.2, 0.25) is 0 Å². The third-order valence-electron chi connectivity index (χ3n) is 6.98. The Balaban J connectivity index is 1.43. The number of hydrogen-bond donors (Lipinski definition) is 0. The van der Waals surface area contributed by atoms with E-state index < -0.39 is 0 Å². The molecule has 0 radical (unpaired) electrons. The SMILES string of the molecule is C=C1CCC2=C1/C(=C\c1nnc3cnc(/C=C4/C(F)=CC=CC5=C4[C@@H](C)C=C5)ccc1-3)C(F)=CC=C2. The molecule has 5 heteroatoms. The van der Waals surface area contributed by atoms with Gasteiger partial charge in [0.15, 0.2) is 0 Å². The van der Waals surface area contributed by atoms with E-state index in [-0.39, 0.29) is 17.6 Å². The molecular weight excluding hydrogens is 452 g/mol.